The van der Waals surface area contributed by atoms with E-state index in [9.17, 15) is 0 Å². The SMILES string of the molecule is Cc1cc2c(cc1-c1ccnc(-c3ccc(-c4ccccc4-c4cc(-c5ccccc5-c5ccc(-c6ccccn6)cc5)cc(-c5ccccc5-c5ccc(-c6ccccn6)cc5)c4)cc3)c1)oc1ccccc12. The van der Waals surface area contributed by atoms with E-state index < -0.39 is 0 Å². The molecule has 0 aliphatic heterocycles. The number of benzene rings is 9. The van der Waals surface area contributed by atoms with Crippen molar-refractivity contribution >= 4 is 21.9 Å². The monoisotopic (exact) mass is 945 g/mol. The van der Waals surface area contributed by atoms with Gasteiger partial charge >= 0.3 is 0 Å². The molecular formula is C70H47N3O. The van der Waals surface area contributed by atoms with Crippen LogP contribution in [0, 0.1) is 6.92 Å². The molecule has 348 valence electrons. The van der Waals surface area contributed by atoms with Gasteiger partial charge in [-0.05, 0) is 163 Å². The second kappa shape index (κ2) is 19.1. The van der Waals surface area contributed by atoms with Crippen LogP contribution >= 0.6 is 0 Å². The number of rotatable bonds is 10. The first kappa shape index (κ1) is 44.2. The second-order valence-electron chi connectivity index (χ2n) is 18.8. The predicted molar refractivity (Wildman–Crippen MR) is 306 cm³/mol. The average molecular weight is 946 g/mol. The Hall–Kier alpha value is -9.77. The number of furan rings is 1. The molecule has 0 aliphatic rings. The summed E-state index contributed by atoms with van der Waals surface area (Å²) in [6.07, 6.45) is 5.59. The number of pyridine rings is 3. The van der Waals surface area contributed by atoms with E-state index in [0.29, 0.717) is 0 Å². The molecule has 9 aromatic carbocycles. The molecular weight excluding hydrogens is 899 g/mol. The van der Waals surface area contributed by atoms with E-state index >= 15 is 0 Å². The van der Waals surface area contributed by atoms with E-state index in [1.54, 1.807) is 0 Å². The standard InChI is InChI=1S/C70H47N3O/c1-46-40-65-63-20-8-9-23-69(63)74-70(65)45-64(46)53-36-39-73-68(44-53)52-34-28-49(29-35-52)59-16-4-7-19-62(59)56-42-54(60-17-5-2-14-57(60)47-24-30-50(31-25-47)66-21-10-12-37-71-66)41-55(43-56)61-18-6-3-15-58(61)48-26-32-51(33-27-48)67-22-11-13-38-72-67/h2-45H,1H3. The van der Waals surface area contributed by atoms with Crippen molar-refractivity contribution in [3.05, 3.63) is 273 Å². The topological polar surface area (TPSA) is 51.8 Å². The first-order valence-electron chi connectivity index (χ1n) is 25.0. The summed E-state index contributed by atoms with van der Waals surface area (Å²) in [5.74, 6) is 0. The summed E-state index contributed by atoms with van der Waals surface area (Å²) < 4.78 is 6.30. The number of fused-ring (bicyclic) bond motifs is 3. The molecule has 0 N–H and O–H groups in total. The maximum absolute atomic E-state index is 6.30. The molecule has 13 aromatic rings. The summed E-state index contributed by atoms with van der Waals surface area (Å²) >= 11 is 0. The Labute approximate surface area is 430 Å². The fraction of sp³-hybridized carbons (Fsp3) is 0.0143. The van der Waals surface area contributed by atoms with Gasteiger partial charge in [0.2, 0.25) is 0 Å². The molecule has 0 spiro atoms. The highest BCUT2D eigenvalue weighted by atomic mass is 16.3. The Bertz CT molecular complexity index is 4020. The molecule has 0 saturated carbocycles. The van der Waals surface area contributed by atoms with Crippen LogP contribution < -0.4 is 0 Å². The summed E-state index contributed by atoms with van der Waals surface area (Å²) in [5, 5.41) is 2.27. The van der Waals surface area contributed by atoms with Crippen LogP contribution in [-0.2, 0) is 0 Å². The molecule has 0 bridgehead atoms. The van der Waals surface area contributed by atoms with Crippen LogP contribution in [-0.4, -0.2) is 15.0 Å². The molecule has 0 atom stereocenters. The molecule has 4 aromatic heterocycles. The van der Waals surface area contributed by atoms with Gasteiger partial charge in [0.15, 0.2) is 0 Å². The van der Waals surface area contributed by atoms with Crippen LogP contribution in [0.2, 0.25) is 0 Å². The quantitative estimate of drug-likeness (QED) is 0.137. The number of para-hydroxylation sites is 1. The normalized spacial score (nSPS) is 11.3. The highest BCUT2D eigenvalue weighted by Gasteiger charge is 2.18. The second-order valence-corrected chi connectivity index (χ2v) is 18.8. The summed E-state index contributed by atoms with van der Waals surface area (Å²) in [6.45, 7) is 2.17. The predicted octanol–water partition coefficient (Wildman–Crippen LogP) is 18.7. The van der Waals surface area contributed by atoms with Gasteiger partial charge in [-0.25, -0.2) is 0 Å². The molecule has 0 amide bonds. The summed E-state index contributed by atoms with van der Waals surface area (Å²) in [7, 11) is 0. The van der Waals surface area contributed by atoms with Gasteiger partial charge in [0.05, 0.1) is 17.1 Å². The van der Waals surface area contributed by atoms with E-state index in [4.69, 9.17) is 9.40 Å². The fourth-order valence-electron chi connectivity index (χ4n) is 10.5. The molecule has 4 heteroatoms. The maximum Gasteiger partial charge on any atom is 0.136 e. The van der Waals surface area contributed by atoms with Gasteiger partial charge in [-0.1, -0.05) is 176 Å². The largest absolute Gasteiger partial charge is 0.456 e. The lowest BCUT2D eigenvalue weighted by molar-refractivity contribution is 0.669. The van der Waals surface area contributed by atoms with Crippen LogP contribution in [0.15, 0.2) is 272 Å². The molecule has 0 saturated heterocycles. The van der Waals surface area contributed by atoms with E-state index in [1.165, 1.54) is 5.56 Å². The van der Waals surface area contributed by atoms with Gasteiger partial charge in [-0.2, -0.15) is 0 Å². The molecule has 0 fully saturated rings. The van der Waals surface area contributed by atoms with E-state index in [0.717, 1.165) is 134 Å². The number of nitrogens with zero attached hydrogens (tertiary/aromatic N) is 3. The summed E-state index contributed by atoms with van der Waals surface area (Å²) in [4.78, 5) is 14.1. The third kappa shape index (κ3) is 8.44. The minimum absolute atomic E-state index is 0.887. The Kier molecular flexibility index (Phi) is 11.4. The molecule has 0 radical (unpaired) electrons. The fourth-order valence-corrected chi connectivity index (χ4v) is 10.5. The van der Waals surface area contributed by atoms with Gasteiger partial charge in [-0.15, -0.1) is 0 Å². The first-order chi connectivity index (χ1) is 36.6. The average Bonchev–Trinajstić information content (AvgIpc) is 3.84. The van der Waals surface area contributed by atoms with E-state index in [1.807, 2.05) is 55.0 Å². The lowest BCUT2D eigenvalue weighted by Gasteiger charge is -2.18. The minimum atomic E-state index is 0.887. The van der Waals surface area contributed by atoms with Crippen LogP contribution in [0.4, 0.5) is 0 Å². The van der Waals surface area contributed by atoms with Gasteiger partial charge in [-0.3, -0.25) is 15.0 Å². The molecule has 4 nitrogen and oxygen atoms in total. The number of hydrogen-bond donors (Lipinski definition) is 0. The van der Waals surface area contributed by atoms with Crippen LogP contribution in [0.1, 0.15) is 5.56 Å². The Morgan fingerprint density at radius 3 is 1.09 bits per heavy atom. The molecule has 13 rings (SSSR count). The lowest BCUT2D eigenvalue weighted by Crippen LogP contribution is -1.92. The zero-order valence-electron chi connectivity index (χ0n) is 40.7. The van der Waals surface area contributed by atoms with Crippen molar-refractivity contribution in [1.29, 1.82) is 0 Å². The molecule has 0 unspecified atom stereocenters. The van der Waals surface area contributed by atoms with Gasteiger partial charge in [0.1, 0.15) is 11.2 Å². The number of hydrogen-bond acceptors (Lipinski definition) is 4. The Morgan fingerprint density at radius 2 is 0.635 bits per heavy atom. The lowest BCUT2D eigenvalue weighted by atomic mass is 9.86. The number of aromatic nitrogens is 3. The van der Waals surface area contributed by atoms with Crippen LogP contribution in [0.5, 0.6) is 0 Å². The third-order valence-corrected chi connectivity index (χ3v) is 14.2. The third-order valence-electron chi connectivity index (χ3n) is 14.2. The van der Waals surface area contributed by atoms with E-state index in [-0.39, 0.29) is 0 Å². The first-order valence-corrected chi connectivity index (χ1v) is 25.0. The van der Waals surface area contributed by atoms with Gasteiger partial charge in [0, 0.05) is 46.1 Å². The van der Waals surface area contributed by atoms with Crippen LogP contribution in [0.25, 0.3) is 134 Å². The minimum Gasteiger partial charge on any atom is -0.456 e. The summed E-state index contributed by atoms with van der Waals surface area (Å²) in [5.41, 5.74) is 25.0. The zero-order valence-corrected chi connectivity index (χ0v) is 40.7. The van der Waals surface area contributed by atoms with Crippen molar-refractivity contribution in [3.8, 4) is 112 Å². The van der Waals surface area contributed by atoms with E-state index in [2.05, 4.69) is 229 Å². The van der Waals surface area contributed by atoms with Crippen molar-refractivity contribution in [2.45, 2.75) is 6.92 Å². The highest BCUT2D eigenvalue weighted by molar-refractivity contribution is 6.06. The van der Waals surface area contributed by atoms with Crippen molar-refractivity contribution in [3.63, 3.8) is 0 Å². The molecule has 74 heavy (non-hydrogen) atoms. The summed E-state index contributed by atoms with van der Waals surface area (Å²) in [6, 6.07) is 88.7. The molecule has 4 heterocycles. The highest BCUT2D eigenvalue weighted by Crippen LogP contribution is 2.43. The molecule has 0 aliphatic carbocycles. The smallest absolute Gasteiger partial charge is 0.136 e. The Morgan fingerprint density at radius 1 is 0.243 bits per heavy atom. The van der Waals surface area contributed by atoms with Crippen molar-refractivity contribution in [2.75, 3.05) is 0 Å². The van der Waals surface area contributed by atoms with Gasteiger partial charge < -0.3 is 4.42 Å². The van der Waals surface area contributed by atoms with Gasteiger partial charge in [0.25, 0.3) is 0 Å². The zero-order chi connectivity index (χ0) is 49.4. The van der Waals surface area contributed by atoms with Crippen LogP contribution in [0.3, 0.4) is 0 Å². The Balaban J connectivity index is 0.898. The maximum atomic E-state index is 6.30. The number of aryl methyl sites for hydroxylation is 1. The van der Waals surface area contributed by atoms with Crippen molar-refractivity contribution in [2.24, 2.45) is 0 Å². The van der Waals surface area contributed by atoms with Crippen molar-refractivity contribution in [1.82, 2.24) is 15.0 Å². The van der Waals surface area contributed by atoms with Crippen molar-refractivity contribution < 1.29 is 4.42 Å².